The van der Waals surface area contributed by atoms with E-state index in [9.17, 15) is 9.59 Å². The van der Waals surface area contributed by atoms with Crippen LogP contribution >= 0.6 is 0 Å². The van der Waals surface area contributed by atoms with Gasteiger partial charge in [-0.05, 0) is 18.2 Å². The first-order valence-corrected chi connectivity index (χ1v) is 7.63. The highest BCUT2D eigenvalue weighted by molar-refractivity contribution is 6.03. The van der Waals surface area contributed by atoms with Gasteiger partial charge in [0.05, 0.1) is 25.5 Å². The van der Waals surface area contributed by atoms with Gasteiger partial charge in [-0.15, -0.1) is 0 Å². The Morgan fingerprint density at radius 3 is 2.56 bits per heavy atom. The summed E-state index contributed by atoms with van der Waals surface area (Å²) >= 11 is 0. The van der Waals surface area contributed by atoms with Gasteiger partial charge < -0.3 is 14.8 Å². The van der Waals surface area contributed by atoms with Crippen LogP contribution in [0.1, 0.15) is 6.92 Å². The number of nitrogens with one attached hydrogen (secondary N) is 1. The number of aromatic nitrogens is 1. The molecule has 2 heterocycles. The van der Waals surface area contributed by atoms with Gasteiger partial charge in [-0.2, -0.15) is 0 Å². The molecule has 1 aromatic heterocycles. The topological polar surface area (TPSA) is 80.8 Å². The van der Waals surface area contributed by atoms with Gasteiger partial charge in [-0.1, -0.05) is 12.1 Å². The minimum absolute atomic E-state index is 0.230. The van der Waals surface area contributed by atoms with Gasteiger partial charge in [-0.3, -0.25) is 14.5 Å². The van der Waals surface area contributed by atoms with E-state index in [0.29, 0.717) is 28.8 Å². The van der Waals surface area contributed by atoms with E-state index in [1.54, 1.807) is 37.6 Å². The third-order valence-electron chi connectivity index (χ3n) is 3.60. The number of hydrogen-bond acceptors (Lipinski definition) is 6. The van der Waals surface area contributed by atoms with E-state index in [0.717, 1.165) is 4.90 Å². The molecule has 0 bridgehead atoms. The lowest BCUT2D eigenvalue weighted by atomic mass is 10.3. The molecular weight excluding hydrogens is 322 g/mol. The van der Waals surface area contributed by atoms with Crippen LogP contribution in [0.15, 0.2) is 54.4 Å². The van der Waals surface area contributed by atoms with Crippen molar-refractivity contribution in [3.63, 3.8) is 0 Å². The van der Waals surface area contributed by atoms with Crippen molar-refractivity contribution in [2.75, 3.05) is 19.0 Å². The summed E-state index contributed by atoms with van der Waals surface area (Å²) < 4.78 is 10.9. The zero-order valence-electron chi connectivity index (χ0n) is 13.9. The molecule has 7 nitrogen and oxygen atoms in total. The van der Waals surface area contributed by atoms with Crippen molar-refractivity contribution in [1.29, 1.82) is 0 Å². The molecule has 0 saturated carbocycles. The normalized spacial score (nSPS) is 13.4. The number of methoxy groups -OCH3 is 1. The minimum Gasteiger partial charge on any atom is -0.493 e. The highest BCUT2D eigenvalue weighted by Crippen LogP contribution is 2.30. The summed E-state index contributed by atoms with van der Waals surface area (Å²) in [6, 6.07) is 10.8. The second-order valence-electron chi connectivity index (χ2n) is 5.38. The first-order chi connectivity index (χ1) is 12.1. The summed E-state index contributed by atoms with van der Waals surface area (Å²) in [6.07, 6.45) is 2.99. The molecule has 0 unspecified atom stereocenters. The molecule has 0 fully saturated rings. The Labute approximate surface area is 144 Å². The van der Waals surface area contributed by atoms with Crippen molar-refractivity contribution < 1.29 is 19.1 Å². The molecule has 1 aliphatic heterocycles. The number of pyridine rings is 1. The van der Waals surface area contributed by atoms with Crippen LogP contribution < -0.4 is 14.8 Å². The van der Waals surface area contributed by atoms with Crippen LogP contribution in [-0.4, -0.2) is 35.4 Å². The number of hydrogen-bond donors (Lipinski definition) is 1. The van der Waals surface area contributed by atoms with E-state index < -0.39 is 0 Å². The number of carbonyl (C=O) groups excluding carboxylic acids is 2. The van der Waals surface area contributed by atoms with Crippen LogP contribution in [0, 0.1) is 0 Å². The van der Waals surface area contributed by atoms with Gasteiger partial charge in [0.1, 0.15) is 0 Å². The van der Waals surface area contributed by atoms with E-state index in [1.165, 1.54) is 13.0 Å². The summed E-state index contributed by atoms with van der Waals surface area (Å²) in [6.45, 7) is 1.59. The lowest BCUT2D eigenvalue weighted by Crippen LogP contribution is -2.31. The molecule has 0 aliphatic carbocycles. The molecule has 7 heteroatoms. The molecule has 2 amide bonds. The predicted molar refractivity (Wildman–Crippen MR) is 91.4 cm³/mol. The Morgan fingerprint density at radius 1 is 1.20 bits per heavy atom. The molecule has 0 saturated heterocycles. The minimum atomic E-state index is -0.320. The van der Waals surface area contributed by atoms with Crippen molar-refractivity contribution >= 4 is 17.5 Å². The number of anilines is 1. The second-order valence-corrected chi connectivity index (χ2v) is 5.38. The van der Waals surface area contributed by atoms with Gasteiger partial charge >= 0.3 is 0 Å². The fraction of sp³-hybridized carbons (Fsp3) is 0.167. The van der Waals surface area contributed by atoms with Crippen LogP contribution in [0.25, 0.3) is 0 Å². The van der Waals surface area contributed by atoms with Crippen molar-refractivity contribution in [3.05, 3.63) is 54.4 Å². The number of imide groups is 1. The van der Waals surface area contributed by atoms with Crippen LogP contribution in [-0.2, 0) is 9.59 Å². The SMILES string of the molecule is COc1ccccc1Oc1ccc(NC2=CC(=O)N(C(C)=O)C2)cn1. The zero-order valence-corrected chi connectivity index (χ0v) is 13.9. The predicted octanol–water partition coefficient (Wildman–Crippen LogP) is 2.57. The Morgan fingerprint density at radius 2 is 1.96 bits per heavy atom. The molecule has 0 spiro atoms. The Kier molecular flexibility index (Phi) is 4.65. The third kappa shape index (κ3) is 3.77. The van der Waals surface area contributed by atoms with E-state index in [-0.39, 0.29) is 18.4 Å². The Bertz CT molecular complexity index is 830. The number of benzene rings is 1. The standard InChI is InChI=1S/C18H17N3O4/c1-12(22)21-11-14(9-18(21)23)20-13-7-8-17(19-10-13)25-16-6-4-3-5-15(16)24-2/h3-10,20H,11H2,1-2H3. The fourth-order valence-electron chi connectivity index (χ4n) is 2.38. The quantitative estimate of drug-likeness (QED) is 0.902. The largest absolute Gasteiger partial charge is 0.493 e. The molecular formula is C18H17N3O4. The molecule has 2 aromatic rings. The summed E-state index contributed by atoms with van der Waals surface area (Å²) in [5.41, 5.74) is 1.33. The average molecular weight is 339 g/mol. The van der Waals surface area contributed by atoms with Gasteiger partial charge in [0.25, 0.3) is 5.91 Å². The van der Waals surface area contributed by atoms with Crippen LogP contribution in [0.3, 0.4) is 0 Å². The van der Waals surface area contributed by atoms with Crippen LogP contribution in [0.4, 0.5) is 5.69 Å². The van der Waals surface area contributed by atoms with Crippen molar-refractivity contribution in [3.8, 4) is 17.4 Å². The summed E-state index contributed by atoms with van der Waals surface area (Å²) in [5, 5.41) is 3.07. The maximum absolute atomic E-state index is 11.7. The van der Waals surface area contributed by atoms with E-state index >= 15 is 0 Å². The molecule has 25 heavy (non-hydrogen) atoms. The molecule has 1 aromatic carbocycles. The van der Waals surface area contributed by atoms with Crippen LogP contribution in [0.5, 0.6) is 17.4 Å². The highest BCUT2D eigenvalue weighted by Gasteiger charge is 2.24. The summed E-state index contributed by atoms with van der Waals surface area (Å²) in [4.78, 5) is 28.4. The van der Waals surface area contributed by atoms with Crippen molar-refractivity contribution in [2.24, 2.45) is 0 Å². The molecule has 128 valence electrons. The third-order valence-corrected chi connectivity index (χ3v) is 3.60. The number of nitrogens with zero attached hydrogens (tertiary/aromatic N) is 2. The lowest BCUT2D eigenvalue weighted by molar-refractivity contribution is -0.138. The Balaban J connectivity index is 1.66. The number of amides is 2. The lowest BCUT2D eigenvalue weighted by Gasteiger charge is -2.13. The highest BCUT2D eigenvalue weighted by atomic mass is 16.5. The van der Waals surface area contributed by atoms with Gasteiger partial charge in [0, 0.05) is 24.8 Å². The number of para-hydroxylation sites is 2. The van der Waals surface area contributed by atoms with Crippen molar-refractivity contribution in [1.82, 2.24) is 9.88 Å². The van der Waals surface area contributed by atoms with Gasteiger partial charge in [0.2, 0.25) is 11.8 Å². The number of ether oxygens (including phenoxy) is 2. The zero-order chi connectivity index (χ0) is 17.8. The Hall–Kier alpha value is -3.35. The number of carbonyl (C=O) groups is 2. The average Bonchev–Trinajstić information content (AvgIpc) is 2.98. The molecule has 3 rings (SSSR count). The van der Waals surface area contributed by atoms with Crippen molar-refractivity contribution in [2.45, 2.75) is 6.92 Å². The molecule has 1 N–H and O–H groups in total. The van der Waals surface area contributed by atoms with Crippen LogP contribution in [0.2, 0.25) is 0 Å². The summed E-state index contributed by atoms with van der Waals surface area (Å²) in [5.74, 6) is 0.998. The van der Waals surface area contributed by atoms with Gasteiger partial charge in [0.15, 0.2) is 11.5 Å². The van der Waals surface area contributed by atoms with E-state index in [1.807, 2.05) is 12.1 Å². The monoisotopic (exact) mass is 339 g/mol. The maximum Gasteiger partial charge on any atom is 0.255 e. The maximum atomic E-state index is 11.7. The van der Waals surface area contributed by atoms with E-state index in [2.05, 4.69) is 10.3 Å². The smallest absolute Gasteiger partial charge is 0.255 e. The second kappa shape index (κ2) is 7.04. The molecule has 0 atom stereocenters. The molecule has 1 aliphatic rings. The molecule has 0 radical (unpaired) electrons. The number of rotatable bonds is 5. The fourth-order valence-corrected chi connectivity index (χ4v) is 2.38. The first kappa shape index (κ1) is 16.5. The van der Waals surface area contributed by atoms with Gasteiger partial charge in [-0.25, -0.2) is 4.98 Å². The van der Waals surface area contributed by atoms with E-state index in [4.69, 9.17) is 9.47 Å². The first-order valence-electron chi connectivity index (χ1n) is 7.63. The summed E-state index contributed by atoms with van der Waals surface area (Å²) in [7, 11) is 1.57.